The molecule has 2 saturated carbocycles. The Morgan fingerprint density at radius 1 is 1.08 bits per heavy atom. The van der Waals surface area contributed by atoms with Crippen LogP contribution in [-0.2, 0) is 9.47 Å². The molecule has 132 valence electrons. The van der Waals surface area contributed by atoms with E-state index in [0.29, 0.717) is 11.8 Å². The van der Waals surface area contributed by atoms with Crippen LogP contribution in [0.4, 0.5) is 0 Å². The molecule has 1 N–H and O–H groups in total. The highest BCUT2D eigenvalue weighted by Crippen LogP contribution is 2.67. The zero-order valence-electron chi connectivity index (χ0n) is 15.0. The van der Waals surface area contributed by atoms with Crippen LogP contribution in [0.2, 0.25) is 0 Å². The predicted molar refractivity (Wildman–Crippen MR) is 92.3 cm³/mol. The summed E-state index contributed by atoms with van der Waals surface area (Å²) >= 11 is 0. The Bertz CT molecular complexity index is 602. The molecule has 0 radical (unpaired) electrons. The second-order valence-corrected chi connectivity index (χ2v) is 9.20. The van der Waals surface area contributed by atoms with Crippen LogP contribution >= 0.6 is 0 Å². The number of hydrogen-bond donors (Lipinski definition) is 1. The van der Waals surface area contributed by atoms with Gasteiger partial charge in [0, 0.05) is 17.3 Å². The van der Waals surface area contributed by atoms with Crippen molar-refractivity contribution in [2.75, 3.05) is 13.2 Å². The molecule has 5 rings (SSSR count). The lowest BCUT2D eigenvalue weighted by Gasteiger charge is -2.57. The maximum Gasteiger partial charge on any atom is 0.174 e. The van der Waals surface area contributed by atoms with Crippen molar-refractivity contribution in [2.45, 2.75) is 64.3 Å². The van der Waals surface area contributed by atoms with Gasteiger partial charge in [-0.05, 0) is 49.9 Å². The van der Waals surface area contributed by atoms with Gasteiger partial charge in [-0.25, -0.2) is 0 Å². The third kappa shape index (κ3) is 1.79. The van der Waals surface area contributed by atoms with E-state index >= 15 is 0 Å². The Labute approximate surface area is 145 Å². The second-order valence-electron chi connectivity index (χ2n) is 9.20. The Morgan fingerprint density at radius 3 is 2.62 bits per heavy atom. The first-order chi connectivity index (χ1) is 11.5. The van der Waals surface area contributed by atoms with Crippen LogP contribution in [0.25, 0.3) is 0 Å². The molecule has 5 aliphatic rings. The maximum absolute atomic E-state index is 10.0. The van der Waals surface area contributed by atoms with E-state index in [4.69, 9.17) is 9.47 Å². The molecule has 3 fully saturated rings. The van der Waals surface area contributed by atoms with Crippen LogP contribution in [0.5, 0.6) is 0 Å². The minimum absolute atomic E-state index is 0.149. The van der Waals surface area contributed by atoms with Crippen molar-refractivity contribution in [1.82, 2.24) is 0 Å². The van der Waals surface area contributed by atoms with Crippen molar-refractivity contribution in [3.05, 3.63) is 23.8 Å². The molecule has 0 aromatic rings. The lowest BCUT2D eigenvalue weighted by Crippen LogP contribution is -2.54. The molecule has 3 nitrogen and oxygen atoms in total. The highest BCUT2D eigenvalue weighted by Gasteiger charge is 2.66. The van der Waals surface area contributed by atoms with Gasteiger partial charge in [-0.3, -0.25) is 0 Å². The molecule has 6 atom stereocenters. The van der Waals surface area contributed by atoms with Crippen molar-refractivity contribution < 1.29 is 14.6 Å². The van der Waals surface area contributed by atoms with Gasteiger partial charge in [0.15, 0.2) is 5.79 Å². The molecule has 0 bridgehead atoms. The summed E-state index contributed by atoms with van der Waals surface area (Å²) in [5, 5.41) is 10.0. The number of fused-ring (bicyclic) bond motifs is 6. The smallest absolute Gasteiger partial charge is 0.174 e. The summed E-state index contributed by atoms with van der Waals surface area (Å²) < 4.78 is 12.4. The molecule has 1 unspecified atom stereocenters. The van der Waals surface area contributed by atoms with E-state index in [2.05, 4.69) is 26.0 Å². The van der Waals surface area contributed by atoms with E-state index in [1.807, 2.05) is 6.08 Å². The molecule has 1 spiro atoms. The number of rotatable bonds is 0. The molecule has 1 saturated heterocycles. The number of aliphatic hydroxyl groups is 1. The van der Waals surface area contributed by atoms with Crippen molar-refractivity contribution in [3.8, 4) is 0 Å². The average Bonchev–Trinajstić information content (AvgIpc) is 3.15. The van der Waals surface area contributed by atoms with Crippen molar-refractivity contribution >= 4 is 0 Å². The lowest BCUT2D eigenvalue weighted by molar-refractivity contribution is -0.241. The quantitative estimate of drug-likeness (QED) is 0.686. The van der Waals surface area contributed by atoms with E-state index in [0.717, 1.165) is 32.0 Å². The molecule has 0 aromatic carbocycles. The third-order valence-corrected chi connectivity index (χ3v) is 8.43. The molecule has 0 aromatic heterocycles. The Kier molecular flexibility index (Phi) is 3.22. The maximum atomic E-state index is 10.0. The third-order valence-electron chi connectivity index (χ3n) is 8.43. The monoisotopic (exact) mass is 330 g/mol. The molecule has 24 heavy (non-hydrogen) atoms. The lowest BCUT2D eigenvalue weighted by atomic mass is 9.49. The van der Waals surface area contributed by atoms with Crippen LogP contribution in [0.1, 0.15) is 52.4 Å². The first kappa shape index (κ1) is 15.6. The molecular weight excluding hydrogens is 300 g/mol. The largest absolute Gasteiger partial charge is 0.389 e. The second kappa shape index (κ2) is 4.96. The van der Waals surface area contributed by atoms with Gasteiger partial charge in [0.1, 0.15) is 0 Å². The van der Waals surface area contributed by atoms with Crippen LogP contribution < -0.4 is 0 Å². The van der Waals surface area contributed by atoms with Gasteiger partial charge in [-0.1, -0.05) is 37.6 Å². The molecule has 1 aliphatic heterocycles. The molecule has 0 amide bonds. The summed E-state index contributed by atoms with van der Waals surface area (Å²) in [6.07, 6.45) is 13.3. The molecule has 3 heteroatoms. The molecule has 4 aliphatic carbocycles. The van der Waals surface area contributed by atoms with E-state index in [1.54, 1.807) is 0 Å². The highest BCUT2D eigenvalue weighted by molar-refractivity contribution is 5.33. The van der Waals surface area contributed by atoms with Gasteiger partial charge in [0.25, 0.3) is 0 Å². The standard InChI is InChI=1S/C21H30O3/c1-19-8-5-15(22)13-14(19)3-4-16-17(19)6-9-20(2)18(16)7-10-21(20)23-11-12-24-21/h3,5,8,15-18,22H,4,6-7,9-13H2,1-2H3/t15?,16-,17+,18+,19+,20+/m1/s1. The summed E-state index contributed by atoms with van der Waals surface area (Å²) in [7, 11) is 0. The van der Waals surface area contributed by atoms with Crippen molar-refractivity contribution in [2.24, 2.45) is 28.6 Å². The van der Waals surface area contributed by atoms with E-state index in [1.165, 1.54) is 31.3 Å². The summed E-state index contributed by atoms with van der Waals surface area (Å²) in [6, 6.07) is 0. The highest BCUT2D eigenvalue weighted by atomic mass is 16.7. The summed E-state index contributed by atoms with van der Waals surface area (Å²) in [6.45, 7) is 6.37. The normalized spacial score (nSPS) is 51.9. The zero-order chi connectivity index (χ0) is 16.6. The first-order valence-corrected chi connectivity index (χ1v) is 9.83. The SMILES string of the molecule is C[C@]12C=CC(O)CC1=CC[C@@H]1[C@@H]2CC[C@@]2(C)[C@H]1CCC21OCCO1. The Balaban J connectivity index is 1.51. The average molecular weight is 330 g/mol. The number of hydrogen-bond acceptors (Lipinski definition) is 3. The molecule has 1 heterocycles. The van der Waals surface area contributed by atoms with Crippen LogP contribution in [-0.4, -0.2) is 30.2 Å². The predicted octanol–water partition coefficient (Wildman–Crippen LogP) is 3.83. The number of aliphatic hydroxyl groups excluding tert-OH is 1. The van der Waals surface area contributed by atoms with E-state index in [-0.39, 0.29) is 22.7 Å². The number of allylic oxidation sites excluding steroid dienone is 2. The van der Waals surface area contributed by atoms with Gasteiger partial charge in [-0.15, -0.1) is 0 Å². The Hall–Kier alpha value is -0.640. The minimum atomic E-state index is -0.299. The van der Waals surface area contributed by atoms with Crippen LogP contribution in [0.15, 0.2) is 23.8 Å². The fourth-order valence-corrected chi connectivity index (χ4v) is 7.12. The van der Waals surface area contributed by atoms with Crippen LogP contribution in [0.3, 0.4) is 0 Å². The summed E-state index contributed by atoms with van der Waals surface area (Å²) in [5.74, 6) is 1.83. The summed E-state index contributed by atoms with van der Waals surface area (Å²) in [4.78, 5) is 0. The van der Waals surface area contributed by atoms with Gasteiger partial charge in [0.2, 0.25) is 0 Å². The van der Waals surface area contributed by atoms with Crippen molar-refractivity contribution in [1.29, 1.82) is 0 Å². The van der Waals surface area contributed by atoms with Gasteiger partial charge in [-0.2, -0.15) is 0 Å². The minimum Gasteiger partial charge on any atom is -0.389 e. The van der Waals surface area contributed by atoms with Crippen molar-refractivity contribution in [3.63, 3.8) is 0 Å². The zero-order valence-corrected chi connectivity index (χ0v) is 15.0. The van der Waals surface area contributed by atoms with Crippen LogP contribution in [0, 0.1) is 28.6 Å². The number of ether oxygens (including phenoxy) is 2. The fraction of sp³-hybridized carbons (Fsp3) is 0.810. The van der Waals surface area contributed by atoms with Gasteiger partial charge >= 0.3 is 0 Å². The van der Waals surface area contributed by atoms with Gasteiger partial charge in [0.05, 0.1) is 19.3 Å². The summed E-state index contributed by atoms with van der Waals surface area (Å²) in [5.41, 5.74) is 1.80. The topological polar surface area (TPSA) is 38.7 Å². The fourth-order valence-electron chi connectivity index (χ4n) is 7.12. The first-order valence-electron chi connectivity index (χ1n) is 9.83. The van der Waals surface area contributed by atoms with E-state index < -0.39 is 0 Å². The van der Waals surface area contributed by atoms with Gasteiger partial charge < -0.3 is 14.6 Å². The molecular formula is C21H30O3. The Morgan fingerprint density at radius 2 is 1.83 bits per heavy atom. The van der Waals surface area contributed by atoms with E-state index in [9.17, 15) is 5.11 Å².